The molecule has 9 nitrogen and oxygen atoms in total. The van der Waals surface area contributed by atoms with E-state index in [0.29, 0.717) is 0 Å². The average Bonchev–Trinajstić information content (AvgIpc) is 2.18. The Morgan fingerprint density at radius 1 is 1.06 bits per heavy atom. The highest BCUT2D eigenvalue weighted by Gasteiger charge is 2.48. The number of aliphatic hydroxyl groups excluding tert-OH is 5. The number of primary sulfonamides is 1. The molecule has 1 rings (SSSR count). The summed E-state index contributed by atoms with van der Waals surface area (Å²) in [5, 5.41) is 50.5. The van der Waals surface area contributed by atoms with Crippen LogP contribution >= 0.6 is 0 Å². The van der Waals surface area contributed by atoms with Crippen molar-refractivity contribution in [3.8, 4) is 0 Å². The van der Waals surface area contributed by atoms with Crippen LogP contribution in [0.2, 0.25) is 0 Å². The molecule has 16 heavy (non-hydrogen) atoms. The van der Waals surface area contributed by atoms with Crippen LogP contribution in [0.3, 0.4) is 0 Å². The molecule has 0 aromatic heterocycles. The van der Waals surface area contributed by atoms with Crippen molar-refractivity contribution in [3.63, 3.8) is 0 Å². The van der Waals surface area contributed by atoms with Gasteiger partial charge in [-0.05, 0) is 0 Å². The molecule has 0 spiro atoms. The number of nitrogens with two attached hydrogens (primary N) is 1. The summed E-state index contributed by atoms with van der Waals surface area (Å²) in [6.07, 6.45) is -9.33. The number of sulfonamides is 1. The second-order valence-corrected chi connectivity index (χ2v) is 5.10. The molecular weight excluding hydrogens is 246 g/mol. The zero-order chi connectivity index (χ0) is 12.7. The SMILES string of the molecule is NS(=O)(=O)C(O)[C@H]1O[C@@H](O)[C@H](O)[C@@H](O)[C@H]1O. The molecule has 1 heterocycles. The summed E-state index contributed by atoms with van der Waals surface area (Å²) in [6, 6.07) is 0. The second-order valence-electron chi connectivity index (χ2n) is 3.44. The normalized spacial score (nSPS) is 43.0. The van der Waals surface area contributed by atoms with Gasteiger partial charge in [0.25, 0.3) is 0 Å². The molecule has 1 aliphatic heterocycles. The van der Waals surface area contributed by atoms with Gasteiger partial charge in [-0.1, -0.05) is 0 Å². The highest BCUT2D eigenvalue weighted by atomic mass is 32.2. The van der Waals surface area contributed by atoms with Crippen LogP contribution < -0.4 is 5.14 Å². The zero-order valence-electron chi connectivity index (χ0n) is 7.91. The van der Waals surface area contributed by atoms with Gasteiger partial charge >= 0.3 is 0 Å². The quantitative estimate of drug-likeness (QED) is 0.287. The highest BCUT2D eigenvalue weighted by molar-refractivity contribution is 7.89. The van der Waals surface area contributed by atoms with Crippen LogP contribution in [0, 0.1) is 0 Å². The minimum Gasteiger partial charge on any atom is -0.387 e. The van der Waals surface area contributed by atoms with E-state index in [4.69, 9.17) is 10.2 Å². The van der Waals surface area contributed by atoms with Crippen molar-refractivity contribution in [1.29, 1.82) is 0 Å². The monoisotopic (exact) mass is 259 g/mol. The van der Waals surface area contributed by atoms with Crippen molar-refractivity contribution < 1.29 is 38.7 Å². The van der Waals surface area contributed by atoms with Crippen molar-refractivity contribution in [2.45, 2.75) is 36.1 Å². The molecule has 0 aromatic rings. The van der Waals surface area contributed by atoms with Gasteiger partial charge in [0.05, 0.1) is 0 Å². The number of aliphatic hydroxyl groups is 5. The standard InChI is InChI=1S/C6H13NO8S/c7-16(13,14)6(12)4-2(9)1(8)3(10)5(11)15-4/h1-6,8-12H,(H2,7,13,14)/t1-,2+,3+,4-,5+,6?/m0/s1. The minimum absolute atomic E-state index is 1.81. The van der Waals surface area contributed by atoms with E-state index < -0.39 is 46.2 Å². The third-order valence-corrected chi connectivity index (χ3v) is 3.18. The first-order valence-corrected chi connectivity index (χ1v) is 5.84. The predicted octanol–water partition coefficient (Wildman–Crippen LogP) is -4.61. The van der Waals surface area contributed by atoms with Crippen LogP contribution in [0.5, 0.6) is 0 Å². The molecule has 96 valence electrons. The number of rotatable bonds is 2. The molecule has 1 saturated heterocycles. The van der Waals surface area contributed by atoms with Gasteiger partial charge in [-0.15, -0.1) is 0 Å². The molecule has 6 atom stereocenters. The topological polar surface area (TPSA) is 171 Å². The Kier molecular flexibility index (Phi) is 3.87. The summed E-state index contributed by atoms with van der Waals surface area (Å²) in [6.45, 7) is 0. The van der Waals surface area contributed by atoms with Crippen LogP contribution in [0.4, 0.5) is 0 Å². The smallest absolute Gasteiger partial charge is 0.238 e. The highest BCUT2D eigenvalue weighted by Crippen LogP contribution is 2.23. The van der Waals surface area contributed by atoms with Gasteiger partial charge in [-0.25, -0.2) is 13.6 Å². The summed E-state index contributed by atoms with van der Waals surface area (Å²) in [4.78, 5) is 0. The van der Waals surface area contributed by atoms with Gasteiger partial charge in [0.2, 0.25) is 10.0 Å². The fourth-order valence-corrected chi connectivity index (χ4v) is 1.91. The summed E-state index contributed by atoms with van der Waals surface area (Å²) in [7, 11) is -4.43. The number of hydrogen-bond donors (Lipinski definition) is 6. The van der Waals surface area contributed by atoms with Gasteiger partial charge in [0.15, 0.2) is 11.7 Å². The second kappa shape index (κ2) is 4.50. The molecule has 1 fully saturated rings. The Bertz CT molecular complexity index is 344. The Labute approximate surface area is 90.7 Å². The molecule has 10 heteroatoms. The van der Waals surface area contributed by atoms with Crippen LogP contribution in [-0.2, 0) is 14.8 Å². The molecule has 0 aliphatic carbocycles. The van der Waals surface area contributed by atoms with E-state index in [1.54, 1.807) is 0 Å². The maximum Gasteiger partial charge on any atom is 0.238 e. The number of hydrogen-bond acceptors (Lipinski definition) is 8. The maximum absolute atomic E-state index is 10.8. The van der Waals surface area contributed by atoms with E-state index in [-0.39, 0.29) is 0 Å². The fourth-order valence-electron chi connectivity index (χ4n) is 1.31. The van der Waals surface area contributed by atoms with E-state index in [2.05, 4.69) is 9.88 Å². The van der Waals surface area contributed by atoms with Crippen molar-refractivity contribution in [1.82, 2.24) is 0 Å². The third-order valence-electron chi connectivity index (χ3n) is 2.24. The lowest BCUT2D eigenvalue weighted by molar-refractivity contribution is -0.290. The Hall–Kier alpha value is -0.330. The lowest BCUT2D eigenvalue weighted by atomic mass is 9.99. The summed E-state index contributed by atoms with van der Waals surface area (Å²) >= 11 is 0. The molecule has 1 aliphatic rings. The molecule has 7 N–H and O–H groups in total. The first-order valence-electron chi connectivity index (χ1n) is 4.23. The first-order chi connectivity index (χ1) is 7.16. The van der Waals surface area contributed by atoms with Gasteiger partial charge < -0.3 is 30.3 Å². The van der Waals surface area contributed by atoms with E-state index in [1.165, 1.54) is 0 Å². The predicted molar refractivity (Wildman–Crippen MR) is 48.0 cm³/mol. The Balaban J connectivity index is 2.90. The summed E-state index contributed by atoms with van der Waals surface area (Å²) in [5.74, 6) is 0. The molecule has 0 amide bonds. The first kappa shape index (κ1) is 13.7. The van der Waals surface area contributed by atoms with Crippen LogP contribution in [0.25, 0.3) is 0 Å². The Morgan fingerprint density at radius 2 is 1.56 bits per heavy atom. The van der Waals surface area contributed by atoms with E-state index >= 15 is 0 Å². The lowest BCUT2D eigenvalue weighted by Gasteiger charge is -2.39. The third kappa shape index (κ3) is 2.49. The summed E-state index contributed by atoms with van der Waals surface area (Å²) in [5.41, 5.74) is -2.32. The maximum atomic E-state index is 10.8. The Morgan fingerprint density at radius 3 is 2.00 bits per heavy atom. The van der Waals surface area contributed by atoms with Crippen molar-refractivity contribution in [2.75, 3.05) is 0 Å². The summed E-state index contributed by atoms with van der Waals surface area (Å²) < 4.78 is 26.0. The lowest BCUT2D eigenvalue weighted by Crippen LogP contribution is -2.62. The molecule has 0 saturated carbocycles. The van der Waals surface area contributed by atoms with Gasteiger partial charge in [-0.3, -0.25) is 0 Å². The molecule has 1 unspecified atom stereocenters. The van der Waals surface area contributed by atoms with Crippen molar-refractivity contribution in [3.05, 3.63) is 0 Å². The van der Waals surface area contributed by atoms with Gasteiger partial charge in [0, 0.05) is 0 Å². The fraction of sp³-hybridized carbons (Fsp3) is 1.00. The average molecular weight is 259 g/mol. The largest absolute Gasteiger partial charge is 0.387 e. The molecule has 0 aromatic carbocycles. The van der Waals surface area contributed by atoms with Crippen LogP contribution in [0.1, 0.15) is 0 Å². The van der Waals surface area contributed by atoms with Crippen molar-refractivity contribution >= 4 is 10.0 Å². The van der Waals surface area contributed by atoms with Gasteiger partial charge in [0.1, 0.15) is 24.4 Å². The van der Waals surface area contributed by atoms with E-state index in [1.807, 2.05) is 0 Å². The molecule has 0 radical (unpaired) electrons. The molecular formula is C6H13NO8S. The molecule has 0 bridgehead atoms. The van der Waals surface area contributed by atoms with Crippen LogP contribution in [0.15, 0.2) is 0 Å². The zero-order valence-corrected chi connectivity index (χ0v) is 8.73. The van der Waals surface area contributed by atoms with Gasteiger partial charge in [-0.2, -0.15) is 0 Å². The van der Waals surface area contributed by atoms with E-state index in [9.17, 15) is 23.7 Å². The van der Waals surface area contributed by atoms with E-state index in [0.717, 1.165) is 0 Å². The minimum atomic E-state index is -4.43. The number of ether oxygens (including phenoxy) is 1. The van der Waals surface area contributed by atoms with Crippen molar-refractivity contribution in [2.24, 2.45) is 5.14 Å². The van der Waals surface area contributed by atoms with Crippen LogP contribution in [-0.4, -0.2) is 70.1 Å².